The molecule has 0 radical (unpaired) electrons. The summed E-state index contributed by atoms with van der Waals surface area (Å²) in [5, 5.41) is 0.820. The fourth-order valence-corrected chi connectivity index (χ4v) is 4.04. The van der Waals surface area contributed by atoms with E-state index in [0.29, 0.717) is 39.8 Å². The molecule has 152 valence electrons. The molecule has 0 aliphatic heterocycles. The van der Waals surface area contributed by atoms with Gasteiger partial charge in [-0.05, 0) is 55.7 Å². The Morgan fingerprint density at radius 1 is 1.10 bits per heavy atom. The van der Waals surface area contributed by atoms with Gasteiger partial charge in [-0.2, -0.15) is 0 Å². The minimum Gasteiger partial charge on any atom is -0.497 e. The van der Waals surface area contributed by atoms with Crippen LogP contribution in [0.5, 0.6) is 5.75 Å². The summed E-state index contributed by atoms with van der Waals surface area (Å²) in [6, 6.07) is 14.4. The highest BCUT2D eigenvalue weighted by Crippen LogP contribution is 2.26. The van der Waals surface area contributed by atoms with E-state index in [4.69, 9.17) is 9.72 Å². The van der Waals surface area contributed by atoms with Gasteiger partial charge in [-0.3, -0.25) is 14.2 Å². The lowest BCUT2D eigenvalue weighted by molar-refractivity contribution is 0.0993. The fourth-order valence-electron chi connectivity index (χ4n) is 3.02. The van der Waals surface area contributed by atoms with E-state index in [0.717, 1.165) is 6.42 Å². The number of carbonyl (C=O) groups excluding carboxylic acids is 1. The van der Waals surface area contributed by atoms with Crippen LogP contribution in [0.2, 0.25) is 0 Å². The van der Waals surface area contributed by atoms with E-state index < -0.39 is 0 Å². The zero-order chi connectivity index (χ0) is 21.0. The van der Waals surface area contributed by atoms with Crippen molar-refractivity contribution < 1.29 is 9.53 Å². The van der Waals surface area contributed by atoms with Crippen LogP contribution in [0, 0.1) is 5.92 Å². The second-order valence-electron chi connectivity index (χ2n) is 7.40. The molecule has 1 aromatic heterocycles. The molecular weight excluding hydrogens is 384 g/mol. The molecule has 0 bridgehead atoms. The number of rotatable bonds is 8. The van der Waals surface area contributed by atoms with Gasteiger partial charge in [0.25, 0.3) is 5.56 Å². The van der Waals surface area contributed by atoms with Gasteiger partial charge in [0.2, 0.25) is 0 Å². The van der Waals surface area contributed by atoms with E-state index in [9.17, 15) is 9.59 Å². The van der Waals surface area contributed by atoms with Gasteiger partial charge in [0, 0.05) is 12.1 Å². The van der Waals surface area contributed by atoms with Crippen molar-refractivity contribution in [3.05, 3.63) is 64.4 Å². The maximum Gasteiger partial charge on any atom is 0.262 e. The summed E-state index contributed by atoms with van der Waals surface area (Å²) in [6.07, 6.45) is 0.869. The number of para-hydroxylation sites is 1. The molecule has 3 rings (SSSR count). The SMILES string of the molecule is COc1ccc(C(=O)[C@@H](C)Sc2nc3ccccc3c(=O)n2CCC(C)C)cc1. The number of carbonyl (C=O) groups is 1. The summed E-state index contributed by atoms with van der Waals surface area (Å²) in [5.74, 6) is 1.17. The van der Waals surface area contributed by atoms with Crippen molar-refractivity contribution >= 4 is 28.4 Å². The number of ketones is 1. The Hall–Kier alpha value is -2.60. The number of fused-ring (bicyclic) bond motifs is 1. The van der Waals surface area contributed by atoms with E-state index in [1.165, 1.54) is 11.8 Å². The average molecular weight is 411 g/mol. The van der Waals surface area contributed by atoms with Crippen LogP contribution in [-0.4, -0.2) is 27.7 Å². The molecule has 0 saturated heterocycles. The number of thioether (sulfide) groups is 1. The van der Waals surface area contributed by atoms with Gasteiger partial charge in [-0.1, -0.05) is 37.7 Å². The monoisotopic (exact) mass is 410 g/mol. The van der Waals surface area contributed by atoms with Crippen LogP contribution in [0.15, 0.2) is 58.5 Å². The van der Waals surface area contributed by atoms with E-state index in [1.807, 2.05) is 25.1 Å². The van der Waals surface area contributed by atoms with Gasteiger partial charge in [0.15, 0.2) is 10.9 Å². The van der Waals surface area contributed by atoms with Crippen LogP contribution in [0.25, 0.3) is 10.9 Å². The maximum atomic E-state index is 13.1. The van der Waals surface area contributed by atoms with E-state index in [1.54, 1.807) is 42.0 Å². The Morgan fingerprint density at radius 2 is 1.79 bits per heavy atom. The summed E-state index contributed by atoms with van der Waals surface area (Å²) in [4.78, 5) is 30.7. The summed E-state index contributed by atoms with van der Waals surface area (Å²) < 4.78 is 6.87. The molecule has 3 aromatic rings. The molecule has 1 heterocycles. The normalized spacial score (nSPS) is 12.3. The van der Waals surface area contributed by atoms with E-state index >= 15 is 0 Å². The van der Waals surface area contributed by atoms with Crippen molar-refractivity contribution in [2.75, 3.05) is 7.11 Å². The summed E-state index contributed by atoms with van der Waals surface area (Å²) >= 11 is 1.33. The Morgan fingerprint density at radius 3 is 2.45 bits per heavy atom. The second-order valence-corrected chi connectivity index (χ2v) is 8.71. The number of nitrogens with zero attached hydrogens (tertiary/aromatic N) is 2. The number of Topliss-reactive ketones (excluding diaryl/α,β-unsaturated/α-hetero) is 1. The number of methoxy groups -OCH3 is 1. The summed E-state index contributed by atoms with van der Waals surface area (Å²) in [6.45, 7) is 6.69. The number of aromatic nitrogens is 2. The molecule has 1 atom stereocenters. The first-order valence-electron chi connectivity index (χ1n) is 9.75. The zero-order valence-corrected chi connectivity index (χ0v) is 18.0. The molecule has 6 heteroatoms. The lowest BCUT2D eigenvalue weighted by Gasteiger charge is -2.17. The highest BCUT2D eigenvalue weighted by atomic mass is 32.2. The molecule has 0 amide bonds. The van der Waals surface area contributed by atoms with E-state index in [-0.39, 0.29) is 16.6 Å². The van der Waals surface area contributed by atoms with Crippen LogP contribution >= 0.6 is 11.8 Å². The van der Waals surface area contributed by atoms with Crippen LogP contribution in [0.4, 0.5) is 0 Å². The Labute approximate surface area is 175 Å². The van der Waals surface area contributed by atoms with Crippen LogP contribution in [0.1, 0.15) is 37.6 Å². The van der Waals surface area contributed by atoms with Crippen LogP contribution in [-0.2, 0) is 6.54 Å². The third-order valence-electron chi connectivity index (χ3n) is 4.78. The van der Waals surface area contributed by atoms with Crippen LogP contribution in [0.3, 0.4) is 0 Å². The standard InChI is InChI=1S/C23H26N2O3S/c1-15(2)13-14-25-22(27)19-7-5-6-8-20(19)24-23(25)29-16(3)21(26)17-9-11-18(28-4)12-10-17/h5-12,15-16H,13-14H2,1-4H3/t16-/m1/s1. The van der Waals surface area contributed by atoms with Crippen LogP contribution < -0.4 is 10.3 Å². The zero-order valence-electron chi connectivity index (χ0n) is 17.2. The van der Waals surface area contributed by atoms with Gasteiger partial charge in [-0.25, -0.2) is 4.98 Å². The highest BCUT2D eigenvalue weighted by Gasteiger charge is 2.21. The highest BCUT2D eigenvalue weighted by molar-refractivity contribution is 8.00. The van der Waals surface area contributed by atoms with Crippen molar-refractivity contribution in [3.8, 4) is 5.75 Å². The third kappa shape index (κ3) is 4.88. The number of hydrogen-bond donors (Lipinski definition) is 0. The molecule has 0 unspecified atom stereocenters. The summed E-state index contributed by atoms with van der Waals surface area (Å²) in [5.41, 5.74) is 1.22. The van der Waals surface area contributed by atoms with Crippen molar-refractivity contribution in [3.63, 3.8) is 0 Å². The minimum absolute atomic E-state index is 0.00419. The van der Waals surface area contributed by atoms with Gasteiger partial charge in [0.05, 0.1) is 23.3 Å². The average Bonchev–Trinajstić information content (AvgIpc) is 2.72. The second kappa shape index (κ2) is 9.27. The molecule has 0 saturated carbocycles. The first-order chi connectivity index (χ1) is 13.9. The van der Waals surface area contributed by atoms with Gasteiger partial charge in [-0.15, -0.1) is 0 Å². The third-order valence-corrected chi connectivity index (χ3v) is 5.87. The predicted octanol–water partition coefficient (Wildman–Crippen LogP) is 4.81. The van der Waals surface area contributed by atoms with Crippen molar-refractivity contribution in [1.29, 1.82) is 0 Å². The molecule has 5 nitrogen and oxygen atoms in total. The quantitative estimate of drug-likeness (QED) is 0.303. The van der Waals surface area contributed by atoms with Crippen molar-refractivity contribution in [2.45, 2.75) is 44.1 Å². The molecular formula is C23H26N2O3S. The molecule has 0 fully saturated rings. The molecule has 2 aromatic carbocycles. The Balaban J connectivity index is 1.93. The molecule has 0 spiro atoms. The first kappa shape index (κ1) is 21.1. The van der Waals surface area contributed by atoms with Gasteiger partial charge >= 0.3 is 0 Å². The molecule has 29 heavy (non-hydrogen) atoms. The lowest BCUT2D eigenvalue weighted by Crippen LogP contribution is -2.25. The Bertz CT molecular complexity index is 1060. The van der Waals surface area contributed by atoms with E-state index in [2.05, 4.69) is 13.8 Å². The lowest BCUT2D eigenvalue weighted by atomic mass is 10.1. The fraction of sp³-hybridized carbons (Fsp3) is 0.348. The number of benzene rings is 2. The molecule has 0 N–H and O–H groups in total. The van der Waals surface area contributed by atoms with Crippen molar-refractivity contribution in [1.82, 2.24) is 9.55 Å². The van der Waals surface area contributed by atoms with Crippen molar-refractivity contribution in [2.24, 2.45) is 5.92 Å². The minimum atomic E-state index is -0.373. The van der Waals surface area contributed by atoms with Gasteiger partial charge in [0.1, 0.15) is 5.75 Å². The molecule has 0 aliphatic carbocycles. The smallest absolute Gasteiger partial charge is 0.262 e. The maximum absolute atomic E-state index is 13.1. The molecule has 0 aliphatic rings. The predicted molar refractivity (Wildman–Crippen MR) is 118 cm³/mol. The Kier molecular flexibility index (Phi) is 6.75. The largest absolute Gasteiger partial charge is 0.497 e. The number of hydrogen-bond acceptors (Lipinski definition) is 5. The van der Waals surface area contributed by atoms with Gasteiger partial charge < -0.3 is 4.74 Å². The first-order valence-corrected chi connectivity index (χ1v) is 10.6. The number of ether oxygens (including phenoxy) is 1. The topological polar surface area (TPSA) is 61.2 Å². The summed E-state index contributed by atoms with van der Waals surface area (Å²) in [7, 11) is 1.59.